The van der Waals surface area contributed by atoms with Crippen LogP contribution in [0, 0.1) is 6.92 Å². The number of nitrogens with one attached hydrogen (secondary N) is 1. The lowest BCUT2D eigenvalue weighted by Crippen LogP contribution is -2.34. The molecule has 1 aliphatic heterocycles. The Labute approximate surface area is 139 Å². The van der Waals surface area contributed by atoms with Gasteiger partial charge in [0.15, 0.2) is 0 Å². The molecule has 0 spiro atoms. The fourth-order valence-electron chi connectivity index (χ4n) is 3.16. The molecule has 2 aromatic carbocycles. The lowest BCUT2D eigenvalue weighted by Gasteiger charge is -2.33. The van der Waals surface area contributed by atoms with Crippen LogP contribution in [-0.2, 0) is 0 Å². The molecular formula is C18H19BrClN. The van der Waals surface area contributed by atoms with Gasteiger partial charge in [0.1, 0.15) is 0 Å². The summed E-state index contributed by atoms with van der Waals surface area (Å²) in [7, 11) is 0. The van der Waals surface area contributed by atoms with Gasteiger partial charge in [-0.2, -0.15) is 0 Å². The van der Waals surface area contributed by atoms with Crippen molar-refractivity contribution in [1.29, 1.82) is 0 Å². The molecule has 3 rings (SSSR count). The van der Waals surface area contributed by atoms with Gasteiger partial charge in [0.25, 0.3) is 0 Å². The zero-order valence-electron chi connectivity index (χ0n) is 12.1. The second-order valence-corrected chi connectivity index (χ2v) is 7.06. The van der Waals surface area contributed by atoms with Gasteiger partial charge in [-0.1, -0.05) is 51.8 Å². The van der Waals surface area contributed by atoms with E-state index in [1.807, 2.05) is 12.1 Å². The molecule has 21 heavy (non-hydrogen) atoms. The molecule has 1 saturated heterocycles. The van der Waals surface area contributed by atoms with E-state index in [9.17, 15) is 0 Å². The molecule has 0 saturated carbocycles. The van der Waals surface area contributed by atoms with E-state index in [2.05, 4.69) is 58.5 Å². The smallest absolute Gasteiger partial charge is 0.0406 e. The van der Waals surface area contributed by atoms with Gasteiger partial charge in [0.2, 0.25) is 0 Å². The quantitative estimate of drug-likeness (QED) is 0.765. The first kappa shape index (κ1) is 15.1. The Balaban J connectivity index is 1.94. The number of piperidine rings is 1. The molecule has 0 amide bonds. The van der Waals surface area contributed by atoms with E-state index < -0.39 is 0 Å². The van der Waals surface area contributed by atoms with Crippen molar-refractivity contribution in [3.8, 4) is 0 Å². The summed E-state index contributed by atoms with van der Waals surface area (Å²) in [4.78, 5) is 0. The fourth-order valence-corrected chi connectivity index (χ4v) is 3.68. The zero-order chi connectivity index (χ0) is 14.8. The molecule has 0 aliphatic carbocycles. The minimum Gasteiger partial charge on any atom is -0.316 e. The third-order valence-electron chi connectivity index (χ3n) is 4.40. The van der Waals surface area contributed by atoms with E-state index >= 15 is 0 Å². The summed E-state index contributed by atoms with van der Waals surface area (Å²) in [5.41, 5.74) is 4.08. The normalized spacial score (nSPS) is 22.2. The third kappa shape index (κ3) is 3.33. The maximum absolute atomic E-state index is 6.02. The first-order chi connectivity index (χ1) is 10.1. The fraction of sp³-hybridized carbons (Fsp3) is 0.333. The highest BCUT2D eigenvalue weighted by atomic mass is 79.9. The van der Waals surface area contributed by atoms with Gasteiger partial charge in [-0.15, -0.1) is 0 Å². The maximum Gasteiger partial charge on any atom is 0.0406 e. The summed E-state index contributed by atoms with van der Waals surface area (Å²) in [6.07, 6.45) is 1.17. The summed E-state index contributed by atoms with van der Waals surface area (Å²) >= 11 is 9.69. The number of hydrogen-bond donors (Lipinski definition) is 1. The van der Waals surface area contributed by atoms with Crippen LogP contribution in [0.2, 0.25) is 5.02 Å². The molecular weight excluding hydrogens is 346 g/mol. The van der Waals surface area contributed by atoms with E-state index in [0.29, 0.717) is 11.8 Å². The molecule has 3 heteroatoms. The average molecular weight is 365 g/mol. The van der Waals surface area contributed by atoms with Gasteiger partial charge in [0, 0.05) is 22.0 Å². The Hall–Kier alpha value is -0.830. The predicted octanol–water partition coefficient (Wildman–Crippen LogP) is 5.27. The molecule has 1 heterocycles. The molecule has 1 aliphatic rings. The van der Waals surface area contributed by atoms with E-state index in [0.717, 1.165) is 18.1 Å². The standard InChI is InChI=1S/C18H19BrClN/c1-12-2-3-14(10-18(12)19)16-8-9-21-11-17(16)13-4-6-15(20)7-5-13/h2-7,10,16-17,21H,8-9,11H2,1H3. The summed E-state index contributed by atoms with van der Waals surface area (Å²) in [5, 5.41) is 4.33. The molecule has 0 bridgehead atoms. The van der Waals surface area contributed by atoms with Crippen LogP contribution in [-0.4, -0.2) is 13.1 Å². The Bertz CT molecular complexity index is 624. The van der Waals surface area contributed by atoms with Gasteiger partial charge in [-0.3, -0.25) is 0 Å². The minimum absolute atomic E-state index is 0.505. The van der Waals surface area contributed by atoms with E-state index in [1.165, 1.54) is 27.6 Å². The molecule has 1 N–H and O–H groups in total. The van der Waals surface area contributed by atoms with Crippen LogP contribution < -0.4 is 5.32 Å². The van der Waals surface area contributed by atoms with Gasteiger partial charge >= 0.3 is 0 Å². The van der Waals surface area contributed by atoms with E-state index in [-0.39, 0.29) is 0 Å². The van der Waals surface area contributed by atoms with Gasteiger partial charge in [-0.05, 0) is 60.7 Å². The number of rotatable bonds is 2. The van der Waals surface area contributed by atoms with E-state index in [1.54, 1.807) is 0 Å². The highest BCUT2D eigenvalue weighted by Gasteiger charge is 2.27. The van der Waals surface area contributed by atoms with Gasteiger partial charge < -0.3 is 5.32 Å². The second kappa shape index (κ2) is 6.51. The SMILES string of the molecule is Cc1ccc(C2CCNCC2c2ccc(Cl)cc2)cc1Br. The molecule has 0 aromatic heterocycles. The van der Waals surface area contributed by atoms with Crippen LogP contribution >= 0.6 is 27.5 Å². The first-order valence-corrected chi connectivity index (χ1v) is 8.54. The summed E-state index contributed by atoms with van der Waals surface area (Å²) < 4.78 is 1.20. The number of hydrogen-bond acceptors (Lipinski definition) is 1. The Morgan fingerprint density at radius 3 is 2.48 bits per heavy atom. The van der Waals surface area contributed by atoms with Crippen molar-refractivity contribution >= 4 is 27.5 Å². The number of benzene rings is 2. The Morgan fingerprint density at radius 2 is 1.76 bits per heavy atom. The van der Waals surface area contributed by atoms with Crippen LogP contribution in [0.25, 0.3) is 0 Å². The Kier molecular flexibility index (Phi) is 4.68. The monoisotopic (exact) mass is 363 g/mol. The van der Waals surface area contributed by atoms with Gasteiger partial charge in [-0.25, -0.2) is 0 Å². The van der Waals surface area contributed by atoms with Gasteiger partial charge in [0.05, 0.1) is 0 Å². The van der Waals surface area contributed by atoms with Crippen LogP contribution in [0.1, 0.15) is 34.9 Å². The zero-order valence-corrected chi connectivity index (χ0v) is 14.4. The van der Waals surface area contributed by atoms with Crippen LogP contribution in [0.5, 0.6) is 0 Å². The number of halogens is 2. The van der Waals surface area contributed by atoms with Crippen molar-refractivity contribution in [3.05, 3.63) is 68.7 Å². The Morgan fingerprint density at radius 1 is 1.05 bits per heavy atom. The highest BCUT2D eigenvalue weighted by molar-refractivity contribution is 9.10. The molecule has 2 aromatic rings. The van der Waals surface area contributed by atoms with Crippen molar-refractivity contribution in [2.75, 3.05) is 13.1 Å². The molecule has 1 nitrogen and oxygen atoms in total. The summed E-state index contributed by atoms with van der Waals surface area (Å²) in [5.74, 6) is 1.06. The van der Waals surface area contributed by atoms with Crippen molar-refractivity contribution in [1.82, 2.24) is 5.32 Å². The van der Waals surface area contributed by atoms with Crippen molar-refractivity contribution in [2.45, 2.75) is 25.2 Å². The number of aryl methyl sites for hydroxylation is 1. The van der Waals surface area contributed by atoms with E-state index in [4.69, 9.17) is 11.6 Å². The van der Waals surface area contributed by atoms with Crippen LogP contribution in [0.4, 0.5) is 0 Å². The molecule has 2 unspecified atom stereocenters. The third-order valence-corrected chi connectivity index (χ3v) is 5.51. The highest BCUT2D eigenvalue weighted by Crippen LogP contribution is 2.38. The maximum atomic E-state index is 6.02. The largest absolute Gasteiger partial charge is 0.316 e. The lowest BCUT2D eigenvalue weighted by atomic mass is 9.77. The second-order valence-electron chi connectivity index (χ2n) is 5.77. The first-order valence-electron chi connectivity index (χ1n) is 7.37. The van der Waals surface area contributed by atoms with Crippen molar-refractivity contribution in [2.24, 2.45) is 0 Å². The lowest BCUT2D eigenvalue weighted by molar-refractivity contribution is 0.404. The van der Waals surface area contributed by atoms with Crippen LogP contribution in [0.3, 0.4) is 0 Å². The molecule has 2 atom stereocenters. The van der Waals surface area contributed by atoms with Crippen molar-refractivity contribution < 1.29 is 0 Å². The minimum atomic E-state index is 0.505. The molecule has 110 valence electrons. The predicted molar refractivity (Wildman–Crippen MR) is 93.3 cm³/mol. The van der Waals surface area contributed by atoms with Crippen molar-refractivity contribution in [3.63, 3.8) is 0 Å². The molecule has 0 radical (unpaired) electrons. The topological polar surface area (TPSA) is 12.0 Å². The summed E-state index contributed by atoms with van der Waals surface area (Å²) in [6, 6.07) is 15.1. The van der Waals surface area contributed by atoms with Crippen LogP contribution in [0.15, 0.2) is 46.9 Å². The average Bonchev–Trinajstić information content (AvgIpc) is 2.51. The molecule has 1 fully saturated rings. The summed E-state index contributed by atoms with van der Waals surface area (Å²) in [6.45, 7) is 4.24.